The molecule has 2 aliphatic rings. The van der Waals surface area contributed by atoms with Gasteiger partial charge in [-0.3, -0.25) is 0 Å². The van der Waals surface area contributed by atoms with Gasteiger partial charge >= 0.3 is 0 Å². The summed E-state index contributed by atoms with van der Waals surface area (Å²) >= 11 is 6.17. The van der Waals surface area contributed by atoms with Gasteiger partial charge in [-0.25, -0.2) is 4.99 Å². The van der Waals surface area contributed by atoms with E-state index in [1.54, 1.807) is 0 Å². The van der Waals surface area contributed by atoms with Crippen molar-refractivity contribution in [3.8, 4) is 0 Å². The molecule has 5 nitrogen and oxygen atoms in total. The Balaban J connectivity index is 1.96. The first-order chi connectivity index (χ1) is 10.1. The Labute approximate surface area is 130 Å². The lowest BCUT2D eigenvalue weighted by atomic mass is 10.2. The molecule has 21 heavy (non-hydrogen) atoms. The van der Waals surface area contributed by atoms with Crippen LogP contribution in [0.1, 0.15) is 0 Å². The number of nitrogens with zero attached hydrogens (tertiary/aromatic N) is 4. The van der Waals surface area contributed by atoms with Crippen molar-refractivity contribution in [1.29, 1.82) is 0 Å². The fourth-order valence-corrected chi connectivity index (χ4v) is 2.89. The van der Waals surface area contributed by atoms with E-state index in [1.807, 2.05) is 12.1 Å². The van der Waals surface area contributed by atoms with Crippen LogP contribution in [0.2, 0.25) is 5.02 Å². The van der Waals surface area contributed by atoms with E-state index in [9.17, 15) is 0 Å². The van der Waals surface area contributed by atoms with E-state index in [4.69, 9.17) is 21.3 Å². The Morgan fingerprint density at radius 3 is 2.38 bits per heavy atom. The van der Waals surface area contributed by atoms with Crippen molar-refractivity contribution in [2.24, 2.45) is 4.99 Å². The molecule has 6 heteroatoms. The zero-order valence-electron chi connectivity index (χ0n) is 12.5. The number of likely N-dealkylation sites (N-methyl/N-ethyl adjacent to an activating group) is 2. The smallest absolute Gasteiger partial charge is 0.201 e. The fraction of sp³-hybridized carbons (Fsp3) is 0.533. The van der Waals surface area contributed by atoms with E-state index in [-0.39, 0.29) is 0 Å². The minimum atomic E-state index is 0.717. The summed E-state index contributed by atoms with van der Waals surface area (Å²) < 4.78 is 5.43. The first kappa shape index (κ1) is 14.5. The average molecular weight is 309 g/mol. The highest BCUT2D eigenvalue weighted by molar-refractivity contribution is 6.31. The highest BCUT2D eigenvalue weighted by Crippen LogP contribution is 2.33. The van der Waals surface area contributed by atoms with Crippen LogP contribution < -0.4 is 4.90 Å². The van der Waals surface area contributed by atoms with Gasteiger partial charge in [0.2, 0.25) is 5.96 Å². The average Bonchev–Trinajstić information content (AvgIpc) is 2.80. The van der Waals surface area contributed by atoms with Crippen molar-refractivity contribution < 1.29 is 4.74 Å². The molecule has 3 rings (SSSR count). The van der Waals surface area contributed by atoms with E-state index >= 15 is 0 Å². The van der Waals surface area contributed by atoms with Gasteiger partial charge in [0.15, 0.2) is 0 Å². The standard InChI is InChI=1S/C15H21ClN4O/c1-18-5-6-19(2)15(18)17-13-11-12(16)3-4-14(13)20-7-9-21-10-8-20/h3-4,11H,5-10H2,1-2H3. The largest absolute Gasteiger partial charge is 0.378 e. The number of benzene rings is 1. The van der Waals surface area contributed by atoms with Crippen LogP contribution in [0.25, 0.3) is 0 Å². The number of anilines is 1. The van der Waals surface area contributed by atoms with Crippen LogP contribution >= 0.6 is 11.6 Å². The van der Waals surface area contributed by atoms with Crippen molar-refractivity contribution in [3.05, 3.63) is 23.2 Å². The maximum atomic E-state index is 6.17. The molecule has 1 aromatic carbocycles. The number of aliphatic imine (C=N–C) groups is 1. The topological polar surface area (TPSA) is 31.3 Å². The second kappa shape index (κ2) is 6.12. The first-order valence-electron chi connectivity index (χ1n) is 7.28. The zero-order valence-corrected chi connectivity index (χ0v) is 13.3. The summed E-state index contributed by atoms with van der Waals surface area (Å²) in [6.45, 7) is 5.32. The third-order valence-electron chi connectivity index (χ3n) is 3.96. The minimum Gasteiger partial charge on any atom is -0.378 e. The van der Waals surface area contributed by atoms with Crippen LogP contribution in [0.15, 0.2) is 23.2 Å². The quantitative estimate of drug-likeness (QED) is 0.837. The van der Waals surface area contributed by atoms with Crippen molar-refractivity contribution in [3.63, 3.8) is 0 Å². The molecule has 114 valence electrons. The summed E-state index contributed by atoms with van der Waals surface area (Å²) in [5.74, 6) is 0.992. The normalized spacial score (nSPS) is 19.4. The van der Waals surface area contributed by atoms with Crippen LogP contribution in [-0.2, 0) is 4.74 Å². The number of hydrogen-bond donors (Lipinski definition) is 0. The van der Waals surface area contributed by atoms with Crippen molar-refractivity contribution in [2.75, 3.05) is 58.4 Å². The van der Waals surface area contributed by atoms with Gasteiger partial charge in [0.1, 0.15) is 0 Å². The molecule has 1 aromatic rings. The molecule has 0 radical (unpaired) electrons. The fourth-order valence-electron chi connectivity index (χ4n) is 2.73. The molecule has 2 saturated heterocycles. The number of halogens is 1. The molecule has 0 saturated carbocycles. The summed E-state index contributed by atoms with van der Waals surface area (Å²) in [5.41, 5.74) is 2.06. The number of hydrogen-bond acceptors (Lipinski definition) is 3. The van der Waals surface area contributed by atoms with Gasteiger partial charge in [0, 0.05) is 45.3 Å². The predicted molar refractivity (Wildman–Crippen MR) is 86.8 cm³/mol. The highest BCUT2D eigenvalue weighted by atomic mass is 35.5. The third-order valence-corrected chi connectivity index (χ3v) is 4.20. The van der Waals surface area contributed by atoms with Gasteiger partial charge in [-0.2, -0.15) is 0 Å². The Kier molecular flexibility index (Phi) is 4.22. The molecule has 0 unspecified atom stereocenters. The Morgan fingerprint density at radius 2 is 1.71 bits per heavy atom. The lowest BCUT2D eigenvalue weighted by Crippen LogP contribution is -2.36. The maximum Gasteiger partial charge on any atom is 0.201 e. The summed E-state index contributed by atoms with van der Waals surface area (Å²) in [6.07, 6.45) is 0. The molecule has 0 aliphatic carbocycles. The summed E-state index contributed by atoms with van der Waals surface area (Å²) in [6, 6.07) is 5.93. The molecular formula is C15H21ClN4O. The molecule has 0 aromatic heterocycles. The summed E-state index contributed by atoms with van der Waals surface area (Å²) in [5, 5.41) is 0.717. The molecular weight excluding hydrogens is 288 g/mol. The monoisotopic (exact) mass is 308 g/mol. The van der Waals surface area contributed by atoms with Crippen molar-refractivity contribution >= 4 is 28.9 Å². The number of ether oxygens (including phenoxy) is 1. The maximum absolute atomic E-state index is 6.17. The van der Waals surface area contributed by atoms with E-state index in [1.165, 1.54) is 0 Å². The SMILES string of the molecule is CN1CCN(C)C1=Nc1cc(Cl)ccc1N1CCOCC1. The van der Waals surface area contributed by atoms with Gasteiger partial charge in [0.05, 0.1) is 24.6 Å². The van der Waals surface area contributed by atoms with Gasteiger partial charge in [0.25, 0.3) is 0 Å². The molecule has 0 amide bonds. The Hall–Kier alpha value is -1.46. The predicted octanol–water partition coefficient (Wildman–Crippen LogP) is 2.04. The molecule has 2 fully saturated rings. The van der Waals surface area contributed by atoms with Crippen LogP contribution in [0.4, 0.5) is 11.4 Å². The van der Waals surface area contributed by atoms with Crippen molar-refractivity contribution in [1.82, 2.24) is 9.80 Å². The van der Waals surface area contributed by atoms with E-state index in [2.05, 4.69) is 34.9 Å². The molecule has 2 aliphatic heterocycles. The van der Waals surface area contributed by atoms with E-state index < -0.39 is 0 Å². The van der Waals surface area contributed by atoms with Gasteiger partial charge in [-0.1, -0.05) is 11.6 Å². The molecule has 0 atom stereocenters. The second-order valence-electron chi connectivity index (χ2n) is 5.49. The molecule has 2 heterocycles. The van der Waals surface area contributed by atoms with Crippen LogP contribution in [0.3, 0.4) is 0 Å². The van der Waals surface area contributed by atoms with Crippen LogP contribution in [0, 0.1) is 0 Å². The highest BCUT2D eigenvalue weighted by Gasteiger charge is 2.21. The number of rotatable bonds is 2. The number of morpholine rings is 1. The first-order valence-corrected chi connectivity index (χ1v) is 7.66. The van der Waals surface area contributed by atoms with Gasteiger partial charge in [-0.15, -0.1) is 0 Å². The third kappa shape index (κ3) is 3.09. The second-order valence-corrected chi connectivity index (χ2v) is 5.92. The summed E-state index contributed by atoms with van der Waals surface area (Å²) in [7, 11) is 4.14. The lowest BCUT2D eigenvalue weighted by molar-refractivity contribution is 0.123. The van der Waals surface area contributed by atoms with Gasteiger partial charge < -0.3 is 19.4 Å². The zero-order chi connectivity index (χ0) is 14.8. The molecule has 0 bridgehead atoms. The van der Waals surface area contributed by atoms with Crippen LogP contribution in [0.5, 0.6) is 0 Å². The van der Waals surface area contributed by atoms with E-state index in [0.717, 1.165) is 61.7 Å². The van der Waals surface area contributed by atoms with E-state index in [0.29, 0.717) is 0 Å². The summed E-state index contributed by atoms with van der Waals surface area (Å²) in [4.78, 5) is 11.5. The van der Waals surface area contributed by atoms with Crippen LogP contribution in [-0.4, -0.2) is 69.2 Å². The van der Waals surface area contributed by atoms with Gasteiger partial charge in [-0.05, 0) is 18.2 Å². The lowest BCUT2D eigenvalue weighted by Gasteiger charge is -2.30. The molecule has 0 spiro atoms. The Morgan fingerprint density at radius 1 is 1.05 bits per heavy atom. The molecule has 0 N–H and O–H groups in total. The Bertz CT molecular complexity index is 530. The minimum absolute atomic E-state index is 0.717. The number of guanidine groups is 1. The van der Waals surface area contributed by atoms with Crippen molar-refractivity contribution in [2.45, 2.75) is 0 Å².